The van der Waals surface area contributed by atoms with E-state index in [1.807, 2.05) is 13.8 Å². The Bertz CT molecular complexity index is 99.1. The molecule has 0 saturated heterocycles. The molecule has 0 heterocycles. The Balaban J connectivity index is 3.56. The van der Waals surface area contributed by atoms with Crippen LogP contribution >= 0.6 is 0 Å². The van der Waals surface area contributed by atoms with Crippen LogP contribution in [0.2, 0.25) is 0 Å². The summed E-state index contributed by atoms with van der Waals surface area (Å²) in [5.41, 5.74) is 0. The SMILES string of the molecule is CC(C=O)C(C)CC=O. The highest BCUT2D eigenvalue weighted by Gasteiger charge is 2.08. The quantitative estimate of drug-likeness (QED) is 0.530. The zero-order valence-corrected chi connectivity index (χ0v) is 5.83. The molecule has 0 aromatic carbocycles. The molecule has 52 valence electrons. The van der Waals surface area contributed by atoms with Gasteiger partial charge in [-0.1, -0.05) is 13.8 Å². The molecule has 0 rings (SSSR count). The zero-order valence-electron chi connectivity index (χ0n) is 5.83. The molecule has 0 saturated carbocycles. The van der Waals surface area contributed by atoms with Crippen molar-refractivity contribution in [1.29, 1.82) is 0 Å². The molecule has 0 aliphatic rings. The van der Waals surface area contributed by atoms with Gasteiger partial charge in [-0.2, -0.15) is 0 Å². The van der Waals surface area contributed by atoms with Gasteiger partial charge in [0.05, 0.1) is 0 Å². The average molecular weight is 128 g/mol. The van der Waals surface area contributed by atoms with E-state index in [9.17, 15) is 9.59 Å². The number of aldehydes is 2. The fourth-order valence-electron chi connectivity index (χ4n) is 0.501. The molecule has 0 amide bonds. The lowest BCUT2D eigenvalue weighted by Crippen LogP contribution is -2.09. The van der Waals surface area contributed by atoms with Gasteiger partial charge in [0.1, 0.15) is 12.6 Å². The van der Waals surface area contributed by atoms with Crippen molar-refractivity contribution in [2.75, 3.05) is 0 Å². The van der Waals surface area contributed by atoms with Gasteiger partial charge >= 0.3 is 0 Å². The molecule has 2 nitrogen and oxygen atoms in total. The first kappa shape index (κ1) is 8.34. The predicted octanol–water partition coefficient (Wildman–Crippen LogP) is 1.05. The van der Waals surface area contributed by atoms with Crippen LogP contribution in [0, 0.1) is 11.8 Å². The van der Waals surface area contributed by atoms with Crippen LogP contribution in [-0.4, -0.2) is 12.6 Å². The first-order chi connectivity index (χ1) is 4.22. The Hall–Kier alpha value is -0.660. The molecule has 0 radical (unpaired) electrons. The lowest BCUT2D eigenvalue weighted by Gasteiger charge is -2.08. The molecule has 0 bridgehead atoms. The van der Waals surface area contributed by atoms with Crippen molar-refractivity contribution in [2.24, 2.45) is 11.8 Å². The van der Waals surface area contributed by atoms with E-state index in [-0.39, 0.29) is 11.8 Å². The number of hydrogen-bond acceptors (Lipinski definition) is 2. The van der Waals surface area contributed by atoms with E-state index in [4.69, 9.17) is 0 Å². The largest absolute Gasteiger partial charge is 0.303 e. The molecule has 2 atom stereocenters. The summed E-state index contributed by atoms with van der Waals surface area (Å²) in [6.07, 6.45) is 2.22. The zero-order chi connectivity index (χ0) is 7.28. The van der Waals surface area contributed by atoms with Crippen LogP contribution in [0.4, 0.5) is 0 Å². The molecule has 0 aromatic rings. The minimum atomic E-state index is 0.00944. The first-order valence-corrected chi connectivity index (χ1v) is 3.11. The summed E-state index contributed by atoms with van der Waals surface area (Å²) in [7, 11) is 0. The maximum atomic E-state index is 10.1. The van der Waals surface area contributed by atoms with Gasteiger partial charge in [0.25, 0.3) is 0 Å². The lowest BCUT2D eigenvalue weighted by molar-refractivity contribution is -0.113. The molecule has 0 aliphatic heterocycles. The van der Waals surface area contributed by atoms with Crippen LogP contribution in [0.1, 0.15) is 20.3 Å². The van der Waals surface area contributed by atoms with Crippen LogP contribution in [0.5, 0.6) is 0 Å². The Labute approximate surface area is 55.3 Å². The van der Waals surface area contributed by atoms with Crippen LogP contribution in [0.3, 0.4) is 0 Å². The van der Waals surface area contributed by atoms with Crippen molar-refractivity contribution >= 4 is 12.6 Å². The second-order valence-corrected chi connectivity index (χ2v) is 2.37. The third kappa shape index (κ3) is 3.01. The van der Waals surface area contributed by atoms with Gasteiger partial charge in [0, 0.05) is 12.3 Å². The Morgan fingerprint density at radius 2 is 1.89 bits per heavy atom. The minimum Gasteiger partial charge on any atom is -0.303 e. The molecule has 0 N–H and O–H groups in total. The molecule has 2 unspecified atom stereocenters. The third-order valence-corrected chi connectivity index (χ3v) is 1.58. The first-order valence-electron chi connectivity index (χ1n) is 3.11. The van der Waals surface area contributed by atoms with E-state index in [1.165, 1.54) is 0 Å². The third-order valence-electron chi connectivity index (χ3n) is 1.58. The van der Waals surface area contributed by atoms with E-state index in [1.54, 1.807) is 0 Å². The van der Waals surface area contributed by atoms with E-state index < -0.39 is 0 Å². The highest BCUT2D eigenvalue weighted by atomic mass is 16.1. The Morgan fingerprint density at radius 3 is 2.22 bits per heavy atom. The number of hydrogen-bond donors (Lipinski definition) is 0. The van der Waals surface area contributed by atoms with E-state index in [0.29, 0.717) is 6.42 Å². The summed E-state index contributed by atoms with van der Waals surface area (Å²) in [5.74, 6) is 0.204. The van der Waals surface area contributed by atoms with E-state index in [0.717, 1.165) is 12.6 Å². The summed E-state index contributed by atoms with van der Waals surface area (Å²) < 4.78 is 0. The highest BCUT2D eigenvalue weighted by Crippen LogP contribution is 2.09. The van der Waals surface area contributed by atoms with Crippen LogP contribution in [0.15, 0.2) is 0 Å². The topological polar surface area (TPSA) is 34.1 Å². The summed E-state index contributed by atoms with van der Waals surface area (Å²) in [4.78, 5) is 20.0. The molecule has 0 aromatic heterocycles. The van der Waals surface area contributed by atoms with Crippen molar-refractivity contribution in [3.63, 3.8) is 0 Å². The second kappa shape index (κ2) is 4.24. The van der Waals surface area contributed by atoms with Gasteiger partial charge in [0.15, 0.2) is 0 Å². The molecule has 0 spiro atoms. The summed E-state index contributed by atoms with van der Waals surface area (Å²) in [5, 5.41) is 0. The Morgan fingerprint density at radius 1 is 1.33 bits per heavy atom. The fourth-order valence-corrected chi connectivity index (χ4v) is 0.501. The molecule has 0 fully saturated rings. The van der Waals surface area contributed by atoms with Crippen LogP contribution < -0.4 is 0 Å². The molecule has 0 aliphatic carbocycles. The molecule has 2 heteroatoms. The van der Waals surface area contributed by atoms with Gasteiger partial charge in [-0.15, -0.1) is 0 Å². The predicted molar refractivity (Wildman–Crippen MR) is 35.1 cm³/mol. The van der Waals surface area contributed by atoms with Gasteiger partial charge in [-0.25, -0.2) is 0 Å². The summed E-state index contributed by atoms with van der Waals surface area (Å²) in [6.45, 7) is 3.72. The Kier molecular flexibility index (Phi) is 3.93. The average Bonchev–Trinajstić information content (AvgIpc) is 1.87. The number of carbonyl (C=O) groups excluding carboxylic acids is 2. The van der Waals surface area contributed by atoms with Crippen molar-refractivity contribution in [2.45, 2.75) is 20.3 Å². The molecule has 9 heavy (non-hydrogen) atoms. The van der Waals surface area contributed by atoms with E-state index in [2.05, 4.69) is 0 Å². The monoisotopic (exact) mass is 128 g/mol. The fraction of sp³-hybridized carbons (Fsp3) is 0.714. The van der Waals surface area contributed by atoms with Crippen LogP contribution in [0.25, 0.3) is 0 Å². The number of carbonyl (C=O) groups is 2. The van der Waals surface area contributed by atoms with Crippen molar-refractivity contribution in [3.8, 4) is 0 Å². The van der Waals surface area contributed by atoms with E-state index >= 15 is 0 Å². The maximum absolute atomic E-state index is 10.1. The standard InChI is InChI=1S/C7H12O2/c1-6(3-4-8)7(2)5-9/h4-7H,3H2,1-2H3. The van der Waals surface area contributed by atoms with Gasteiger partial charge < -0.3 is 9.59 Å². The second-order valence-electron chi connectivity index (χ2n) is 2.37. The minimum absolute atomic E-state index is 0.00944. The van der Waals surface area contributed by atoms with Gasteiger partial charge in [-0.3, -0.25) is 0 Å². The van der Waals surface area contributed by atoms with Gasteiger partial charge in [0.2, 0.25) is 0 Å². The van der Waals surface area contributed by atoms with Gasteiger partial charge in [-0.05, 0) is 5.92 Å². The normalized spacial score (nSPS) is 16.2. The summed E-state index contributed by atoms with van der Waals surface area (Å²) >= 11 is 0. The smallest absolute Gasteiger partial charge is 0.123 e. The van der Waals surface area contributed by atoms with Crippen molar-refractivity contribution < 1.29 is 9.59 Å². The van der Waals surface area contributed by atoms with Crippen molar-refractivity contribution in [1.82, 2.24) is 0 Å². The summed E-state index contributed by atoms with van der Waals surface area (Å²) in [6, 6.07) is 0. The molecular formula is C7H12O2. The highest BCUT2D eigenvalue weighted by molar-refractivity contribution is 5.56. The maximum Gasteiger partial charge on any atom is 0.123 e. The van der Waals surface area contributed by atoms with Crippen molar-refractivity contribution in [3.05, 3.63) is 0 Å². The lowest BCUT2D eigenvalue weighted by atomic mass is 9.95. The van der Waals surface area contributed by atoms with Crippen LogP contribution in [-0.2, 0) is 9.59 Å². The molecular weight excluding hydrogens is 116 g/mol. The number of rotatable bonds is 4.